The molecule has 11 aromatic carbocycles. The van der Waals surface area contributed by atoms with Crippen LogP contribution in [0.25, 0.3) is 77.2 Å². The van der Waals surface area contributed by atoms with E-state index in [1.807, 2.05) is 0 Å². The third-order valence-electron chi connectivity index (χ3n) is 14.0. The number of hydrogen-bond acceptors (Lipinski definition) is 2. The van der Waals surface area contributed by atoms with Crippen LogP contribution in [0.2, 0.25) is 0 Å². The lowest BCUT2D eigenvalue weighted by atomic mass is 9.67. The molecule has 1 aliphatic rings. The lowest BCUT2D eigenvalue weighted by Crippen LogP contribution is -2.28. The SMILES string of the molecule is c1ccc(-c2ccc(-c3cc4c(cc3N(c3ccc(-c5ccccc5)cc3)c3ccc5c(c3)C(c3ccccc3)(c3ccccc3)c3ccccc3-5)oc3c5ccccc5ccc43)cc2)cc1. The van der Waals surface area contributed by atoms with E-state index in [0.29, 0.717) is 0 Å². The van der Waals surface area contributed by atoms with Crippen LogP contribution in [-0.4, -0.2) is 0 Å². The monoisotopic (exact) mass is 853 g/mol. The molecule has 0 saturated carbocycles. The van der Waals surface area contributed by atoms with Gasteiger partial charge in [-0.15, -0.1) is 0 Å². The number of fused-ring (bicyclic) bond motifs is 8. The van der Waals surface area contributed by atoms with Crippen molar-refractivity contribution in [3.05, 3.63) is 283 Å². The minimum absolute atomic E-state index is 0.562. The summed E-state index contributed by atoms with van der Waals surface area (Å²) in [5.74, 6) is 0. The Hall–Kier alpha value is -8.72. The van der Waals surface area contributed by atoms with Gasteiger partial charge in [0.05, 0.1) is 11.1 Å². The molecule has 1 aliphatic carbocycles. The van der Waals surface area contributed by atoms with Crippen LogP contribution in [-0.2, 0) is 5.41 Å². The highest BCUT2D eigenvalue weighted by molar-refractivity contribution is 6.17. The average molecular weight is 854 g/mol. The van der Waals surface area contributed by atoms with Gasteiger partial charge in [0.25, 0.3) is 0 Å². The summed E-state index contributed by atoms with van der Waals surface area (Å²) < 4.78 is 7.01. The number of nitrogens with zero attached hydrogens (tertiary/aromatic N) is 1. The fraction of sp³-hybridized carbons (Fsp3) is 0.0154. The van der Waals surface area contributed by atoms with Crippen molar-refractivity contribution in [3.8, 4) is 44.5 Å². The maximum Gasteiger partial charge on any atom is 0.143 e. The first kappa shape index (κ1) is 38.7. The minimum atomic E-state index is -0.562. The molecule has 67 heavy (non-hydrogen) atoms. The van der Waals surface area contributed by atoms with E-state index in [9.17, 15) is 0 Å². The van der Waals surface area contributed by atoms with Gasteiger partial charge in [0.1, 0.15) is 11.2 Å². The summed E-state index contributed by atoms with van der Waals surface area (Å²) in [6.45, 7) is 0. The van der Waals surface area contributed by atoms with Crippen molar-refractivity contribution in [2.45, 2.75) is 5.41 Å². The Labute approximate surface area is 390 Å². The van der Waals surface area contributed by atoms with Crippen LogP contribution in [0.3, 0.4) is 0 Å². The van der Waals surface area contributed by atoms with Crippen LogP contribution in [0.15, 0.2) is 265 Å². The summed E-state index contributed by atoms with van der Waals surface area (Å²) in [4.78, 5) is 2.45. The Bertz CT molecular complexity index is 3720. The van der Waals surface area contributed by atoms with Crippen LogP contribution in [0.4, 0.5) is 17.1 Å². The summed E-state index contributed by atoms with van der Waals surface area (Å²) in [6, 6.07) is 95.1. The summed E-state index contributed by atoms with van der Waals surface area (Å²) in [7, 11) is 0. The van der Waals surface area contributed by atoms with E-state index in [4.69, 9.17) is 4.42 Å². The molecule has 0 amide bonds. The van der Waals surface area contributed by atoms with Gasteiger partial charge in [0.15, 0.2) is 0 Å². The molecular weight excluding hydrogens is 811 g/mol. The first-order valence-corrected chi connectivity index (χ1v) is 23.1. The fourth-order valence-corrected chi connectivity index (χ4v) is 10.9. The summed E-state index contributed by atoms with van der Waals surface area (Å²) in [6.07, 6.45) is 0. The van der Waals surface area contributed by atoms with Gasteiger partial charge in [-0.1, -0.05) is 218 Å². The maximum absolute atomic E-state index is 7.01. The number of anilines is 3. The lowest BCUT2D eigenvalue weighted by molar-refractivity contribution is 0.673. The average Bonchev–Trinajstić information content (AvgIpc) is 3.93. The number of hydrogen-bond donors (Lipinski definition) is 0. The fourth-order valence-electron chi connectivity index (χ4n) is 10.9. The van der Waals surface area contributed by atoms with Crippen molar-refractivity contribution in [1.29, 1.82) is 0 Å². The molecule has 2 nitrogen and oxygen atoms in total. The largest absolute Gasteiger partial charge is 0.455 e. The van der Waals surface area contributed by atoms with Crippen LogP contribution in [0.5, 0.6) is 0 Å². The van der Waals surface area contributed by atoms with Crippen molar-refractivity contribution in [2.75, 3.05) is 4.90 Å². The van der Waals surface area contributed by atoms with Gasteiger partial charge in [0, 0.05) is 39.2 Å². The predicted molar refractivity (Wildman–Crippen MR) is 280 cm³/mol. The van der Waals surface area contributed by atoms with Crippen LogP contribution in [0.1, 0.15) is 22.3 Å². The highest BCUT2D eigenvalue weighted by atomic mass is 16.3. The molecule has 2 heteroatoms. The molecule has 0 saturated heterocycles. The molecule has 0 spiro atoms. The van der Waals surface area contributed by atoms with Gasteiger partial charge in [0.2, 0.25) is 0 Å². The van der Waals surface area contributed by atoms with Crippen molar-refractivity contribution < 1.29 is 4.42 Å². The first-order chi connectivity index (χ1) is 33.2. The zero-order valence-electron chi connectivity index (χ0n) is 36.7. The Morgan fingerprint density at radius 1 is 0.313 bits per heavy atom. The van der Waals surface area contributed by atoms with Crippen molar-refractivity contribution >= 4 is 49.8 Å². The van der Waals surface area contributed by atoms with Crippen LogP contribution in [0, 0.1) is 0 Å². The highest BCUT2D eigenvalue weighted by Crippen LogP contribution is 2.58. The van der Waals surface area contributed by atoms with Gasteiger partial charge in [-0.2, -0.15) is 0 Å². The topological polar surface area (TPSA) is 16.4 Å². The molecule has 0 N–H and O–H groups in total. The molecule has 0 aliphatic heterocycles. The zero-order valence-corrected chi connectivity index (χ0v) is 36.7. The summed E-state index contributed by atoms with van der Waals surface area (Å²) in [5.41, 5.74) is 18.7. The Balaban J connectivity index is 1.10. The quantitative estimate of drug-likeness (QED) is 0.151. The molecule has 0 radical (unpaired) electrons. The maximum atomic E-state index is 7.01. The van der Waals surface area contributed by atoms with Gasteiger partial charge >= 0.3 is 0 Å². The third kappa shape index (κ3) is 6.26. The molecule has 0 fully saturated rings. The standard InChI is InChI=1S/C65H43NO/c1-5-17-44(18-6-1)46-29-31-49(32-30-46)58-42-59-57-39-35-48-21-13-14-26-54(48)64(57)67-63(59)43-62(58)66(52-36-33-47(34-37-52)45-19-7-2-8-20-45)53-38-40-56-55-27-15-16-28-60(55)65(61(56)41-53,50-22-9-3-10-23-50)51-24-11-4-12-25-51/h1-43H. The van der Waals surface area contributed by atoms with E-state index in [1.54, 1.807) is 0 Å². The van der Waals surface area contributed by atoms with E-state index in [2.05, 4.69) is 266 Å². The van der Waals surface area contributed by atoms with Gasteiger partial charge < -0.3 is 9.32 Å². The smallest absolute Gasteiger partial charge is 0.143 e. The number of rotatable bonds is 8. The molecule has 0 atom stereocenters. The van der Waals surface area contributed by atoms with E-state index in [0.717, 1.165) is 66.5 Å². The number of benzene rings is 11. The lowest BCUT2D eigenvalue weighted by Gasteiger charge is -2.35. The predicted octanol–water partition coefficient (Wildman–Crippen LogP) is 17.6. The molecule has 0 unspecified atom stereocenters. The Morgan fingerprint density at radius 2 is 0.836 bits per heavy atom. The van der Waals surface area contributed by atoms with E-state index < -0.39 is 5.41 Å². The summed E-state index contributed by atoms with van der Waals surface area (Å²) >= 11 is 0. The molecule has 13 rings (SSSR count). The molecule has 314 valence electrons. The normalized spacial score (nSPS) is 12.6. The minimum Gasteiger partial charge on any atom is -0.455 e. The second-order valence-corrected chi connectivity index (χ2v) is 17.6. The third-order valence-corrected chi connectivity index (χ3v) is 14.0. The van der Waals surface area contributed by atoms with Crippen molar-refractivity contribution in [3.63, 3.8) is 0 Å². The highest BCUT2D eigenvalue weighted by Gasteiger charge is 2.46. The van der Waals surface area contributed by atoms with E-state index >= 15 is 0 Å². The van der Waals surface area contributed by atoms with Gasteiger partial charge in [-0.05, 0) is 103 Å². The van der Waals surface area contributed by atoms with Gasteiger partial charge in [-0.3, -0.25) is 0 Å². The van der Waals surface area contributed by atoms with Gasteiger partial charge in [-0.25, -0.2) is 0 Å². The van der Waals surface area contributed by atoms with E-state index in [-0.39, 0.29) is 0 Å². The molecule has 0 bridgehead atoms. The Morgan fingerprint density at radius 3 is 1.51 bits per heavy atom. The second-order valence-electron chi connectivity index (χ2n) is 17.6. The first-order valence-electron chi connectivity index (χ1n) is 23.1. The van der Waals surface area contributed by atoms with Crippen molar-refractivity contribution in [1.82, 2.24) is 0 Å². The molecule has 1 heterocycles. The number of furan rings is 1. The molecule has 1 aromatic heterocycles. The van der Waals surface area contributed by atoms with Crippen LogP contribution < -0.4 is 4.90 Å². The van der Waals surface area contributed by atoms with Crippen LogP contribution >= 0.6 is 0 Å². The Kier molecular flexibility index (Phi) is 9.11. The molecular formula is C65H43NO. The second kappa shape index (κ2) is 15.8. The zero-order chi connectivity index (χ0) is 44.3. The van der Waals surface area contributed by atoms with E-state index in [1.165, 1.54) is 50.1 Å². The molecule has 12 aromatic rings. The van der Waals surface area contributed by atoms with Crippen molar-refractivity contribution in [2.24, 2.45) is 0 Å². The summed E-state index contributed by atoms with van der Waals surface area (Å²) in [5, 5.41) is 4.45.